The minimum Gasteiger partial charge on any atom is -0.350 e. The van der Waals surface area contributed by atoms with E-state index < -0.39 is 0 Å². The largest absolute Gasteiger partial charge is 0.350 e. The number of halogens is 2. The minimum absolute atomic E-state index is 0.173. The Morgan fingerprint density at radius 2 is 1.93 bits per heavy atom. The monoisotopic (exact) mass is 414 g/mol. The fourth-order valence-corrected chi connectivity index (χ4v) is 3.58. The second kappa shape index (κ2) is 9.20. The lowest BCUT2D eigenvalue weighted by atomic mass is 10.1. The molecule has 5 nitrogen and oxygen atoms in total. The number of hydrogen-bond donors (Lipinski definition) is 1. The summed E-state index contributed by atoms with van der Waals surface area (Å²) in [7, 11) is 3.77. The molecular weight excluding hydrogens is 391 g/mol. The second-order valence-corrected chi connectivity index (χ2v) is 7.50. The molecule has 1 unspecified atom stereocenters. The SMILES string of the molecule is Cc1nn(Cc2ccccc2)c(Cl)c1C(=O)NCC(c1cccc(F)c1)N(C)C. The lowest BCUT2D eigenvalue weighted by Gasteiger charge is -2.25. The molecule has 0 saturated carbocycles. The molecule has 0 aliphatic rings. The summed E-state index contributed by atoms with van der Waals surface area (Å²) in [5.41, 5.74) is 2.76. The van der Waals surface area contributed by atoms with Gasteiger partial charge in [-0.25, -0.2) is 9.07 Å². The lowest BCUT2D eigenvalue weighted by molar-refractivity contribution is 0.0941. The van der Waals surface area contributed by atoms with Crippen molar-refractivity contribution in [1.29, 1.82) is 0 Å². The van der Waals surface area contributed by atoms with Gasteiger partial charge < -0.3 is 10.2 Å². The van der Waals surface area contributed by atoms with E-state index in [-0.39, 0.29) is 17.8 Å². The average Bonchev–Trinajstić information content (AvgIpc) is 2.95. The van der Waals surface area contributed by atoms with E-state index in [9.17, 15) is 9.18 Å². The van der Waals surface area contributed by atoms with E-state index in [0.717, 1.165) is 11.1 Å². The maximum atomic E-state index is 13.6. The van der Waals surface area contributed by atoms with Gasteiger partial charge in [-0.2, -0.15) is 5.10 Å². The molecule has 3 rings (SSSR count). The molecule has 0 bridgehead atoms. The third kappa shape index (κ3) is 5.02. The van der Waals surface area contributed by atoms with Gasteiger partial charge in [-0.3, -0.25) is 4.79 Å². The van der Waals surface area contributed by atoms with Crippen molar-refractivity contribution >= 4 is 17.5 Å². The highest BCUT2D eigenvalue weighted by Crippen LogP contribution is 2.22. The summed E-state index contributed by atoms with van der Waals surface area (Å²) in [5.74, 6) is -0.600. The van der Waals surface area contributed by atoms with E-state index >= 15 is 0 Å². The highest BCUT2D eigenvalue weighted by Gasteiger charge is 2.22. The fourth-order valence-electron chi connectivity index (χ4n) is 3.26. The molecule has 7 heteroatoms. The van der Waals surface area contributed by atoms with Gasteiger partial charge in [0.2, 0.25) is 0 Å². The summed E-state index contributed by atoms with van der Waals surface area (Å²) >= 11 is 6.47. The van der Waals surface area contributed by atoms with E-state index in [1.807, 2.05) is 55.4 Å². The van der Waals surface area contributed by atoms with Crippen LogP contribution in [-0.4, -0.2) is 41.2 Å². The maximum absolute atomic E-state index is 13.6. The number of nitrogens with zero attached hydrogens (tertiary/aromatic N) is 3. The van der Waals surface area contributed by atoms with Crippen LogP contribution in [0.4, 0.5) is 4.39 Å². The summed E-state index contributed by atoms with van der Waals surface area (Å²) in [6.45, 7) is 2.56. The van der Waals surface area contributed by atoms with Crippen LogP contribution in [0.3, 0.4) is 0 Å². The molecule has 152 valence electrons. The Morgan fingerprint density at radius 1 is 1.21 bits per heavy atom. The van der Waals surface area contributed by atoms with E-state index in [0.29, 0.717) is 29.5 Å². The molecule has 0 aliphatic heterocycles. The number of likely N-dealkylation sites (N-methyl/N-ethyl adjacent to an activating group) is 1. The van der Waals surface area contributed by atoms with Crippen molar-refractivity contribution in [2.24, 2.45) is 0 Å². The minimum atomic E-state index is -0.304. The van der Waals surface area contributed by atoms with Crippen LogP contribution in [0.2, 0.25) is 5.15 Å². The molecule has 0 fully saturated rings. The first-order valence-corrected chi connectivity index (χ1v) is 9.71. The molecular formula is C22H24ClFN4O. The molecule has 0 saturated heterocycles. The van der Waals surface area contributed by atoms with Gasteiger partial charge in [0.15, 0.2) is 0 Å². The summed E-state index contributed by atoms with van der Waals surface area (Å²) in [4.78, 5) is 14.8. The Labute approximate surface area is 175 Å². The number of aromatic nitrogens is 2. The molecule has 0 radical (unpaired) electrons. The van der Waals surface area contributed by atoms with E-state index in [2.05, 4.69) is 10.4 Å². The molecule has 1 heterocycles. The van der Waals surface area contributed by atoms with Crippen molar-refractivity contribution in [3.63, 3.8) is 0 Å². The average molecular weight is 415 g/mol. The third-order valence-corrected chi connectivity index (χ3v) is 5.16. The molecule has 2 aromatic carbocycles. The van der Waals surface area contributed by atoms with Crippen LogP contribution in [0.25, 0.3) is 0 Å². The molecule has 0 aliphatic carbocycles. The Hall–Kier alpha value is -2.70. The zero-order valence-electron chi connectivity index (χ0n) is 16.7. The van der Waals surface area contributed by atoms with Crippen LogP contribution in [-0.2, 0) is 6.54 Å². The van der Waals surface area contributed by atoms with Crippen molar-refractivity contribution in [1.82, 2.24) is 20.0 Å². The summed E-state index contributed by atoms with van der Waals surface area (Å²) in [6.07, 6.45) is 0. The first-order valence-electron chi connectivity index (χ1n) is 9.33. The molecule has 1 atom stereocenters. The number of benzene rings is 2. The lowest BCUT2D eigenvalue weighted by Crippen LogP contribution is -2.34. The normalized spacial score (nSPS) is 12.2. The quantitative estimate of drug-likeness (QED) is 0.634. The molecule has 1 aromatic heterocycles. The van der Waals surface area contributed by atoms with Crippen molar-refractivity contribution < 1.29 is 9.18 Å². The Bertz CT molecular complexity index is 988. The van der Waals surface area contributed by atoms with Gasteiger partial charge in [-0.1, -0.05) is 54.1 Å². The number of aryl methyl sites for hydroxylation is 1. The predicted molar refractivity (Wildman–Crippen MR) is 113 cm³/mol. The van der Waals surface area contributed by atoms with Crippen molar-refractivity contribution in [2.45, 2.75) is 19.5 Å². The highest BCUT2D eigenvalue weighted by molar-refractivity contribution is 6.33. The van der Waals surface area contributed by atoms with Gasteiger partial charge in [0.1, 0.15) is 11.0 Å². The fraction of sp³-hybridized carbons (Fsp3) is 0.273. The van der Waals surface area contributed by atoms with Gasteiger partial charge >= 0.3 is 0 Å². The number of rotatable bonds is 7. The first kappa shape index (κ1) is 21.0. The maximum Gasteiger partial charge on any atom is 0.256 e. The summed E-state index contributed by atoms with van der Waals surface area (Å²) in [6, 6.07) is 16.0. The van der Waals surface area contributed by atoms with Crippen molar-refractivity contribution in [3.05, 3.63) is 88.0 Å². The van der Waals surface area contributed by atoms with Crippen LogP contribution in [0.15, 0.2) is 54.6 Å². The van der Waals surface area contributed by atoms with E-state index in [4.69, 9.17) is 11.6 Å². The number of nitrogens with one attached hydrogen (secondary N) is 1. The van der Waals surface area contributed by atoms with Crippen LogP contribution >= 0.6 is 11.6 Å². The Balaban J connectivity index is 1.75. The van der Waals surface area contributed by atoms with Crippen LogP contribution in [0.1, 0.15) is 33.2 Å². The van der Waals surface area contributed by atoms with Crippen LogP contribution in [0, 0.1) is 12.7 Å². The second-order valence-electron chi connectivity index (χ2n) is 7.14. The van der Waals surface area contributed by atoms with E-state index in [1.54, 1.807) is 17.7 Å². The van der Waals surface area contributed by atoms with Gasteiger partial charge in [-0.05, 0) is 44.3 Å². The zero-order chi connectivity index (χ0) is 21.0. The predicted octanol–water partition coefficient (Wildman–Crippen LogP) is 4.07. The third-order valence-electron chi connectivity index (χ3n) is 4.78. The molecule has 29 heavy (non-hydrogen) atoms. The van der Waals surface area contributed by atoms with Gasteiger partial charge in [0, 0.05) is 6.54 Å². The molecule has 3 aromatic rings. The van der Waals surface area contributed by atoms with Crippen LogP contribution in [0.5, 0.6) is 0 Å². The van der Waals surface area contributed by atoms with Gasteiger partial charge in [-0.15, -0.1) is 0 Å². The van der Waals surface area contributed by atoms with Crippen LogP contribution < -0.4 is 5.32 Å². The Kier molecular flexibility index (Phi) is 6.67. The zero-order valence-corrected chi connectivity index (χ0v) is 17.4. The number of carbonyl (C=O) groups excluding carboxylic acids is 1. The Morgan fingerprint density at radius 3 is 2.59 bits per heavy atom. The van der Waals surface area contributed by atoms with Crippen molar-refractivity contribution in [3.8, 4) is 0 Å². The first-order chi connectivity index (χ1) is 13.9. The number of hydrogen-bond acceptors (Lipinski definition) is 3. The summed E-state index contributed by atoms with van der Waals surface area (Å²) < 4.78 is 15.2. The van der Waals surface area contributed by atoms with Crippen molar-refractivity contribution in [2.75, 3.05) is 20.6 Å². The smallest absolute Gasteiger partial charge is 0.256 e. The van der Waals surface area contributed by atoms with E-state index in [1.165, 1.54) is 12.1 Å². The van der Waals surface area contributed by atoms with Gasteiger partial charge in [0.05, 0.1) is 23.8 Å². The van der Waals surface area contributed by atoms with Gasteiger partial charge in [0.25, 0.3) is 5.91 Å². The topological polar surface area (TPSA) is 50.2 Å². The molecule has 1 N–H and O–H groups in total. The molecule has 1 amide bonds. The molecule has 0 spiro atoms. The standard InChI is InChI=1S/C22H24ClFN4O/c1-15-20(21(23)28(26-15)14-16-8-5-4-6-9-16)22(29)25-13-19(27(2)3)17-10-7-11-18(24)12-17/h4-12,19H,13-14H2,1-3H3,(H,25,29). The summed E-state index contributed by atoms with van der Waals surface area (Å²) in [5, 5.41) is 7.64. The highest BCUT2D eigenvalue weighted by atomic mass is 35.5. The number of amides is 1. The number of carbonyl (C=O) groups is 1.